The Balaban J connectivity index is 1.77. The highest BCUT2D eigenvalue weighted by atomic mass is 16.5. The zero-order valence-electron chi connectivity index (χ0n) is 12.9. The van der Waals surface area contributed by atoms with E-state index in [1.165, 1.54) is 6.26 Å². The van der Waals surface area contributed by atoms with E-state index in [1.807, 2.05) is 19.1 Å². The van der Waals surface area contributed by atoms with Crippen LogP contribution in [0.4, 0.5) is 0 Å². The molecule has 0 aliphatic rings. The number of aryl methyl sites for hydroxylation is 1. The smallest absolute Gasteiger partial charge is 0.303 e. The first-order chi connectivity index (χ1) is 11.1. The van der Waals surface area contributed by atoms with Crippen molar-refractivity contribution in [3.63, 3.8) is 0 Å². The average Bonchev–Trinajstić information content (AvgIpc) is 2.96. The van der Waals surface area contributed by atoms with Gasteiger partial charge in [0.25, 0.3) is 5.91 Å². The molecule has 1 amide bonds. The van der Waals surface area contributed by atoms with Crippen molar-refractivity contribution in [3.05, 3.63) is 53.5 Å². The number of hydrogen-bond donors (Lipinski definition) is 2. The summed E-state index contributed by atoms with van der Waals surface area (Å²) in [5.41, 5.74) is 1.73. The van der Waals surface area contributed by atoms with Gasteiger partial charge in [-0.1, -0.05) is 12.1 Å². The van der Waals surface area contributed by atoms with E-state index in [4.69, 9.17) is 14.3 Å². The summed E-state index contributed by atoms with van der Waals surface area (Å²) in [6.45, 7) is 2.56. The molecule has 1 aromatic heterocycles. The van der Waals surface area contributed by atoms with E-state index in [0.29, 0.717) is 31.1 Å². The monoisotopic (exact) mass is 317 g/mol. The molecule has 0 aliphatic heterocycles. The number of hydrogen-bond acceptors (Lipinski definition) is 4. The molecule has 2 rings (SSSR count). The van der Waals surface area contributed by atoms with Crippen LogP contribution in [0.5, 0.6) is 5.75 Å². The van der Waals surface area contributed by atoms with Gasteiger partial charge in [0.1, 0.15) is 5.75 Å². The Hall–Kier alpha value is -2.76. The van der Waals surface area contributed by atoms with E-state index in [0.717, 1.165) is 11.1 Å². The number of carbonyl (C=O) groups is 2. The highest BCUT2D eigenvalue weighted by Gasteiger charge is 2.11. The van der Waals surface area contributed by atoms with Gasteiger partial charge in [-0.05, 0) is 37.1 Å². The van der Waals surface area contributed by atoms with Crippen molar-refractivity contribution in [2.24, 2.45) is 0 Å². The van der Waals surface area contributed by atoms with Crippen LogP contribution in [0, 0.1) is 6.92 Å². The minimum Gasteiger partial charge on any atom is -0.494 e. The molecule has 6 heteroatoms. The van der Waals surface area contributed by atoms with Gasteiger partial charge in [0.05, 0.1) is 12.9 Å². The van der Waals surface area contributed by atoms with E-state index >= 15 is 0 Å². The maximum atomic E-state index is 11.9. The van der Waals surface area contributed by atoms with Crippen LogP contribution in [-0.2, 0) is 11.3 Å². The maximum Gasteiger partial charge on any atom is 0.303 e. The summed E-state index contributed by atoms with van der Waals surface area (Å²) in [6, 6.07) is 9.02. The number of ether oxygens (including phenoxy) is 1. The van der Waals surface area contributed by atoms with Crippen molar-refractivity contribution in [2.75, 3.05) is 6.61 Å². The van der Waals surface area contributed by atoms with Gasteiger partial charge in [-0.2, -0.15) is 0 Å². The third kappa shape index (κ3) is 5.18. The molecule has 0 bridgehead atoms. The number of carbonyl (C=O) groups excluding carboxylic acids is 1. The highest BCUT2D eigenvalue weighted by molar-refractivity contribution is 5.92. The fraction of sp³-hybridized carbons (Fsp3) is 0.294. The van der Waals surface area contributed by atoms with Crippen LogP contribution in [0.2, 0.25) is 0 Å². The summed E-state index contributed by atoms with van der Waals surface area (Å²) in [5, 5.41) is 11.3. The second-order valence-corrected chi connectivity index (χ2v) is 5.11. The number of rotatable bonds is 8. The Bertz CT molecular complexity index is 660. The maximum absolute atomic E-state index is 11.9. The summed E-state index contributed by atoms with van der Waals surface area (Å²) >= 11 is 0. The average molecular weight is 317 g/mol. The van der Waals surface area contributed by atoms with Gasteiger partial charge in [-0.25, -0.2) is 0 Å². The van der Waals surface area contributed by atoms with Gasteiger partial charge in [-0.15, -0.1) is 0 Å². The van der Waals surface area contributed by atoms with Crippen LogP contribution in [0.3, 0.4) is 0 Å². The molecule has 122 valence electrons. The molecule has 0 fully saturated rings. The van der Waals surface area contributed by atoms with E-state index in [1.54, 1.807) is 18.2 Å². The Labute approximate surface area is 134 Å². The number of aliphatic carboxylic acids is 1. The van der Waals surface area contributed by atoms with Gasteiger partial charge in [0, 0.05) is 18.5 Å². The topological polar surface area (TPSA) is 88.8 Å². The fourth-order valence-corrected chi connectivity index (χ4v) is 1.98. The first-order valence-electron chi connectivity index (χ1n) is 7.32. The molecule has 0 aliphatic carbocycles. The molecule has 0 radical (unpaired) electrons. The standard InChI is InChI=1S/C17H19NO5/c1-12-8-10-23-16(12)17(21)18-11-13-4-6-14(7-5-13)22-9-2-3-15(19)20/h4-8,10H,2-3,9,11H2,1H3,(H,18,21)(H,19,20). The lowest BCUT2D eigenvalue weighted by Gasteiger charge is -2.07. The van der Waals surface area contributed by atoms with Gasteiger partial charge < -0.3 is 19.6 Å². The van der Waals surface area contributed by atoms with E-state index < -0.39 is 5.97 Å². The number of furan rings is 1. The Morgan fingerprint density at radius 1 is 1.22 bits per heavy atom. The van der Waals surface area contributed by atoms with Crippen molar-refractivity contribution >= 4 is 11.9 Å². The van der Waals surface area contributed by atoms with Gasteiger partial charge in [0.2, 0.25) is 0 Å². The molecular weight excluding hydrogens is 298 g/mol. The molecule has 2 N–H and O–H groups in total. The molecule has 1 heterocycles. The zero-order chi connectivity index (χ0) is 16.7. The highest BCUT2D eigenvalue weighted by Crippen LogP contribution is 2.13. The fourth-order valence-electron chi connectivity index (χ4n) is 1.98. The molecule has 1 aromatic carbocycles. The third-order valence-corrected chi connectivity index (χ3v) is 3.25. The van der Waals surface area contributed by atoms with Crippen LogP contribution in [0.15, 0.2) is 41.0 Å². The van der Waals surface area contributed by atoms with E-state index in [2.05, 4.69) is 5.32 Å². The van der Waals surface area contributed by atoms with E-state index in [9.17, 15) is 9.59 Å². The second-order valence-electron chi connectivity index (χ2n) is 5.11. The van der Waals surface area contributed by atoms with Crippen molar-refractivity contribution < 1.29 is 23.8 Å². The largest absolute Gasteiger partial charge is 0.494 e. The summed E-state index contributed by atoms with van der Waals surface area (Å²) in [6.07, 6.45) is 2.05. The molecule has 0 spiro atoms. The quantitative estimate of drug-likeness (QED) is 0.731. The first-order valence-corrected chi connectivity index (χ1v) is 7.32. The summed E-state index contributed by atoms with van der Waals surface area (Å²) in [4.78, 5) is 22.3. The van der Waals surface area contributed by atoms with Crippen LogP contribution in [0.1, 0.15) is 34.5 Å². The van der Waals surface area contributed by atoms with Crippen molar-refractivity contribution in [1.82, 2.24) is 5.32 Å². The minimum absolute atomic E-state index is 0.0936. The molecule has 2 aromatic rings. The first kappa shape index (κ1) is 16.6. The summed E-state index contributed by atoms with van der Waals surface area (Å²) < 4.78 is 10.6. The van der Waals surface area contributed by atoms with Crippen LogP contribution < -0.4 is 10.1 Å². The Morgan fingerprint density at radius 2 is 1.96 bits per heavy atom. The normalized spacial score (nSPS) is 10.3. The molecular formula is C17H19NO5. The molecule has 6 nitrogen and oxygen atoms in total. The van der Waals surface area contributed by atoms with E-state index in [-0.39, 0.29) is 12.3 Å². The number of carboxylic acid groups (broad SMARTS) is 1. The van der Waals surface area contributed by atoms with Crippen molar-refractivity contribution in [2.45, 2.75) is 26.3 Å². The summed E-state index contributed by atoms with van der Waals surface area (Å²) in [7, 11) is 0. The van der Waals surface area contributed by atoms with Crippen LogP contribution >= 0.6 is 0 Å². The summed E-state index contributed by atoms with van der Waals surface area (Å²) in [5.74, 6) is -0.0799. The lowest BCUT2D eigenvalue weighted by Crippen LogP contribution is -2.22. The zero-order valence-corrected chi connectivity index (χ0v) is 12.9. The van der Waals surface area contributed by atoms with Gasteiger partial charge in [-0.3, -0.25) is 9.59 Å². The van der Waals surface area contributed by atoms with Crippen LogP contribution in [0.25, 0.3) is 0 Å². The predicted molar refractivity (Wildman–Crippen MR) is 83.4 cm³/mol. The minimum atomic E-state index is -0.827. The van der Waals surface area contributed by atoms with Gasteiger partial charge in [0.15, 0.2) is 5.76 Å². The Kier molecular flexibility index (Phi) is 5.80. The second kappa shape index (κ2) is 8.03. The molecule has 0 atom stereocenters. The number of benzene rings is 1. The Morgan fingerprint density at radius 3 is 2.57 bits per heavy atom. The SMILES string of the molecule is Cc1ccoc1C(=O)NCc1ccc(OCCCC(=O)O)cc1. The van der Waals surface area contributed by atoms with Gasteiger partial charge >= 0.3 is 5.97 Å². The van der Waals surface area contributed by atoms with Crippen molar-refractivity contribution in [3.8, 4) is 5.75 Å². The number of carboxylic acids is 1. The predicted octanol–water partition coefficient (Wildman–Crippen LogP) is 2.76. The third-order valence-electron chi connectivity index (χ3n) is 3.25. The number of nitrogens with one attached hydrogen (secondary N) is 1. The van der Waals surface area contributed by atoms with Crippen molar-refractivity contribution in [1.29, 1.82) is 0 Å². The van der Waals surface area contributed by atoms with Crippen LogP contribution in [-0.4, -0.2) is 23.6 Å². The molecule has 0 unspecified atom stereocenters. The lowest BCUT2D eigenvalue weighted by molar-refractivity contribution is -0.137. The lowest BCUT2D eigenvalue weighted by atomic mass is 10.2. The molecule has 0 saturated carbocycles. The number of amides is 1. The molecule has 0 saturated heterocycles. The molecule has 23 heavy (non-hydrogen) atoms.